The summed E-state index contributed by atoms with van der Waals surface area (Å²) in [6.45, 7) is 4.02. The number of carbonyl (C=O) groups is 1. The molecule has 0 atom stereocenters. The number of hydrogen-bond acceptors (Lipinski definition) is 4. The quantitative estimate of drug-likeness (QED) is 0.680. The fourth-order valence-electron chi connectivity index (χ4n) is 2.81. The zero-order valence-corrected chi connectivity index (χ0v) is 14.7. The summed E-state index contributed by atoms with van der Waals surface area (Å²) >= 11 is 1.50. The zero-order chi connectivity index (χ0) is 17.1. The third-order valence-corrected chi connectivity index (χ3v) is 4.89. The van der Waals surface area contributed by atoms with Gasteiger partial charge in [0.05, 0.1) is 5.39 Å². The number of carbonyl (C=O) groups excluding carboxylic acids is 1. The van der Waals surface area contributed by atoms with Crippen molar-refractivity contribution in [2.45, 2.75) is 39.7 Å². The summed E-state index contributed by atoms with van der Waals surface area (Å²) in [7, 11) is 0. The topological polar surface area (TPSA) is 52.0 Å². The van der Waals surface area contributed by atoms with Gasteiger partial charge >= 0.3 is 0 Å². The first-order valence-corrected chi connectivity index (χ1v) is 9.05. The molecule has 0 saturated heterocycles. The molecule has 0 spiro atoms. The number of fused-ring (bicyclic) bond motifs is 1. The molecule has 2 aromatic heterocycles. The highest BCUT2D eigenvalue weighted by atomic mass is 32.1. The van der Waals surface area contributed by atoms with Gasteiger partial charge in [0.2, 0.25) is 0 Å². The van der Waals surface area contributed by atoms with Crippen molar-refractivity contribution in [2.24, 2.45) is 0 Å². The van der Waals surface area contributed by atoms with Crippen LogP contribution in [-0.4, -0.2) is 15.3 Å². The Morgan fingerprint density at radius 2 is 2.00 bits per heavy atom. The highest BCUT2D eigenvalue weighted by molar-refractivity contribution is 7.17. The molecule has 0 saturated carbocycles. The average molecular weight is 340 g/mol. The number of benzene rings is 1. The molecule has 5 heteroatoms. The van der Waals surface area contributed by atoms with Crippen LogP contribution >= 0.6 is 11.3 Å². The summed E-state index contributed by atoms with van der Waals surface area (Å²) in [5, 5.41) is 2.66. The van der Waals surface area contributed by atoms with Crippen molar-refractivity contribution in [3.05, 3.63) is 51.9 Å². The van der Waals surface area contributed by atoms with Crippen LogP contribution < -0.4 is 5.56 Å². The average Bonchev–Trinajstić information content (AvgIpc) is 2.99. The number of Topliss-reactive ketones (excluding diaryl/α,β-unsaturated/α-hetero) is 1. The van der Waals surface area contributed by atoms with Gasteiger partial charge in [0, 0.05) is 30.3 Å². The lowest BCUT2D eigenvalue weighted by Gasteiger charge is -2.11. The third-order valence-electron chi connectivity index (χ3n) is 4.02. The van der Waals surface area contributed by atoms with Crippen LogP contribution in [0.3, 0.4) is 0 Å². The summed E-state index contributed by atoms with van der Waals surface area (Å²) in [5.41, 5.74) is 1.90. The van der Waals surface area contributed by atoms with Crippen molar-refractivity contribution in [2.75, 3.05) is 0 Å². The van der Waals surface area contributed by atoms with Crippen LogP contribution in [-0.2, 0) is 17.8 Å². The maximum Gasteiger partial charge on any atom is 0.262 e. The molecule has 3 rings (SSSR count). The molecular weight excluding hydrogens is 320 g/mol. The van der Waals surface area contributed by atoms with Crippen LogP contribution in [0.15, 0.2) is 40.5 Å². The van der Waals surface area contributed by atoms with Gasteiger partial charge in [-0.25, -0.2) is 4.98 Å². The molecule has 0 fully saturated rings. The van der Waals surface area contributed by atoms with E-state index in [9.17, 15) is 9.59 Å². The van der Waals surface area contributed by atoms with E-state index in [4.69, 9.17) is 4.98 Å². The van der Waals surface area contributed by atoms with Gasteiger partial charge in [-0.2, -0.15) is 0 Å². The van der Waals surface area contributed by atoms with Gasteiger partial charge in [0.25, 0.3) is 5.56 Å². The smallest absolute Gasteiger partial charge is 0.262 e. The number of aryl methyl sites for hydroxylation is 1. The van der Waals surface area contributed by atoms with Crippen LogP contribution in [0.1, 0.15) is 32.5 Å². The van der Waals surface area contributed by atoms with Gasteiger partial charge in [-0.15, -0.1) is 11.3 Å². The molecule has 0 bridgehead atoms. The van der Waals surface area contributed by atoms with E-state index >= 15 is 0 Å². The first-order valence-electron chi connectivity index (χ1n) is 8.17. The Morgan fingerprint density at radius 3 is 2.67 bits per heavy atom. The SMILES string of the molecule is CCCc1nc2scc(-c3ccccc3)c2c(=O)n1CCC(C)=O. The van der Waals surface area contributed by atoms with Gasteiger partial charge in [-0.1, -0.05) is 37.3 Å². The van der Waals surface area contributed by atoms with Crippen LogP contribution in [0.5, 0.6) is 0 Å². The predicted molar refractivity (Wildman–Crippen MR) is 98.6 cm³/mol. The van der Waals surface area contributed by atoms with Gasteiger partial charge in [-0.3, -0.25) is 14.2 Å². The van der Waals surface area contributed by atoms with Crippen molar-refractivity contribution in [1.82, 2.24) is 9.55 Å². The predicted octanol–water partition coefficient (Wildman–Crippen LogP) is 4.06. The Labute approximate surface area is 144 Å². The Bertz CT molecular complexity index is 926. The molecule has 0 radical (unpaired) electrons. The molecule has 24 heavy (non-hydrogen) atoms. The van der Waals surface area contributed by atoms with Crippen molar-refractivity contribution < 1.29 is 4.79 Å². The number of nitrogens with zero attached hydrogens (tertiary/aromatic N) is 2. The van der Waals surface area contributed by atoms with E-state index in [1.807, 2.05) is 35.7 Å². The molecule has 0 amide bonds. The molecule has 2 heterocycles. The maximum absolute atomic E-state index is 13.1. The lowest BCUT2D eigenvalue weighted by atomic mass is 10.1. The van der Waals surface area contributed by atoms with Gasteiger partial charge in [0.1, 0.15) is 16.4 Å². The second-order valence-electron chi connectivity index (χ2n) is 5.88. The lowest BCUT2D eigenvalue weighted by Crippen LogP contribution is -2.26. The van der Waals surface area contributed by atoms with Crippen molar-refractivity contribution in [1.29, 1.82) is 0 Å². The number of hydrogen-bond donors (Lipinski definition) is 0. The minimum Gasteiger partial charge on any atom is -0.300 e. The third kappa shape index (κ3) is 3.17. The first kappa shape index (κ1) is 16.6. The van der Waals surface area contributed by atoms with Gasteiger partial charge in [-0.05, 0) is 18.9 Å². The van der Waals surface area contributed by atoms with Crippen LogP contribution in [0.25, 0.3) is 21.3 Å². The van der Waals surface area contributed by atoms with E-state index in [-0.39, 0.29) is 11.3 Å². The molecule has 4 nitrogen and oxygen atoms in total. The van der Waals surface area contributed by atoms with Crippen molar-refractivity contribution in [3.63, 3.8) is 0 Å². The van der Waals surface area contributed by atoms with Crippen LogP contribution in [0.4, 0.5) is 0 Å². The van der Waals surface area contributed by atoms with Crippen LogP contribution in [0.2, 0.25) is 0 Å². The van der Waals surface area contributed by atoms with E-state index in [1.54, 1.807) is 11.5 Å². The molecular formula is C19H20N2O2S. The summed E-state index contributed by atoms with van der Waals surface area (Å²) in [4.78, 5) is 30.0. The molecule has 0 aliphatic heterocycles. The maximum atomic E-state index is 13.1. The normalized spacial score (nSPS) is 11.1. The second-order valence-corrected chi connectivity index (χ2v) is 6.74. The molecule has 124 valence electrons. The Morgan fingerprint density at radius 1 is 1.25 bits per heavy atom. The summed E-state index contributed by atoms with van der Waals surface area (Å²) in [6, 6.07) is 9.89. The standard InChI is InChI=1S/C19H20N2O2S/c1-3-7-16-20-18-17(19(23)21(16)11-10-13(2)22)15(12-24-18)14-8-5-4-6-9-14/h4-6,8-9,12H,3,7,10-11H2,1-2H3. The van der Waals surface area contributed by atoms with Crippen molar-refractivity contribution >= 4 is 27.3 Å². The first-order chi connectivity index (χ1) is 11.6. The summed E-state index contributed by atoms with van der Waals surface area (Å²) < 4.78 is 1.69. The Kier molecular flexibility index (Phi) is 4.90. The highest BCUT2D eigenvalue weighted by Gasteiger charge is 2.16. The minimum absolute atomic E-state index is 0.0372. The Balaban J connectivity index is 2.20. The second kappa shape index (κ2) is 7.09. The monoisotopic (exact) mass is 340 g/mol. The Hall–Kier alpha value is -2.27. The summed E-state index contributed by atoms with van der Waals surface area (Å²) in [5.74, 6) is 0.857. The largest absolute Gasteiger partial charge is 0.300 e. The van der Waals surface area contributed by atoms with Gasteiger partial charge < -0.3 is 0 Å². The van der Waals surface area contributed by atoms with E-state index in [2.05, 4.69) is 6.92 Å². The van der Waals surface area contributed by atoms with Crippen molar-refractivity contribution in [3.8, 4) is 11.1 Å². The van der Waals surface area contributed by atoms with E-state index < -0.39 is 0 Å². The molecule has 1 aromatic carbocycles. The number of ketones is 1. The number of thiophene rings is 1. The lowest BCUT2D eigenvalue weighted by molar-refractivity contribution is -0.117. The van der Waals surface area contributed by atoms with E-state index in [1.165, 1.54) is 11.3 Å². The highest BCUT2D eigenvalue weighted by Crippen LogP contribution is 2.31. The van der Waals surface area contributed by atoms with E-state index in [0.717, 1.165) is 34.6 Å². The minimum atomic E-state index is -0.0372. The molecule has 0 N–H and O–H groups in total. The molecule has 0 unspecified atom stereocenters. The summed E-state index contributed by atoms with van der Waals surface area (Å²) in [6.07, 6.45) is 2.01. The fourth-order valence-corrected chi connectivity index (χ4v) is 3.77. The van der Waals surface area contributed by atoms with Gasteiger partial charge in [0.15, 0.2) is 0 Å². The molecule has 3 aromatic rings. The van der Waals surface area contributed by atoms with E-state index in [0.29, 0.717) is 18.4 Å². The fraction of sp³-hybridized carbons (Fsp3) is 0.316. The van der Waals surface area contributed by atoms with Crippen LogP contribution in [0, 0.1) is 0 Å². The zero-order valence-electron chi connectivity index (χ0n) is 13.9. The molecule has 0 aliphatic rings. The molecule has 0 aliphatic carbocycles. The number of rotatable bonds is 6. The number of aromatic nitrogens is 2.